The number of alkyl halides is 1. The van der Waals surface area contributed by atoms with Gasteiger partial charge in [-0.15, -0.1) is 11.6 Å². The summed E-state index contributed by atoms with van der Waals surface area (Å²) < 4.78 is 0. The number of rotatable bonds is 7. The Kier molecular flexibility index (Phi) is 3.83. The molecule has 0 radical (unpaired) electrons. The monoisotopic (exact) mass is 269 g/mol. The summed E-state index contributed by atoms with van der Waals surface area (Å²) in [6.45, 7) is 0.867. The molecular formula is C15H24ClNO. The second-order valence-electron chi connectivity index (χ2n) is 6.41. The molecule has 0 aromatic carbocycles. The molecule has 3 rings (SSSR count). The lowest BCUT2D eigenvalue weighted by Gasteiger charge is -2.09. The average Bonchev–Trinajstić information content (AvgIpc) is 2.82. The first kappa shape index (κ1) is 12.8. The van der Waals surface area contributed by atoms with Crippen LogP contribution in [0.15, 0.2) is 0 Å². The topological polar surface area (TPSA) is 29.1 Å². The number of amides is 1. The molecule has 3 aliphatic rings. The summed E-state index contributed by atoms with van der Waals surface area (Å²) in [5, 5.41) is 3.15. The molecule has 2 nitrogen and oxygen atoms in total. The number of halogens is 1. The zero-order valence-electron chi connectivity index (χ0n) is 11.0. The zero-order chi connectivity index (χ0) is 12.5. The van der Waals surface area contributed by atoms with E-state index in [1.807, 2.05) is 0 Å². The lowest BCUT2D eigenvalue weighted by molar-refractivity contribution is -0.123. The van der Waals surface area contributed by atoms with E-state index >= 15 is 0 Å². The molecule has 0 saturated heterocycles. The number of hydrogen-bond donors (Lipinski definition) is 1. The molecule has 3 fully saturated rings. The van der Waals surface area contributed by atoms with E-state index in [0.29, 0.717) is 11.8 Å². The van der Waals surface area contributed by atoms with Gasteiger partial charge in [-0.25, -0.2) is 0 Å². The van der Waals surface area contributed by atoms with Gasteiger partial charge in [0.05, 0.1) is 0 Å². The predicted molar refractivity (Wildman–Crippen MR) is 73.5 cm³/mol. The third-order valence-electron chi connectivity index (χ3n) is 5.40. The Labute approximate surface area is 115 Å². The van der Waals surface area contributed by atoms with Crippen molar-refractivity contribution >= 4 is 17.5 Å². The van der Waals surface area contributed by atoms with Gasteiger partial charge in [-0.05, 0) is 55.8 Å². The van der Waals surface area contributed by atoms with E-state index in [0.717, 1.165) is 48.9 Å². The maximum Gasteiger partial charge on any atom is 0.223 e. The first-order chi connectivity index (χ1) is 8.83. The molecule has 0 aliphatic heterocycles. The van der Waals surface area contributed by atoms with Crippen molar-refractivity contribution in [2.45, 2.75) is 44.9 Å². The Morgan fingerprint density at radius 2 is 1.72 bits per heavy atom. The van der Waals surface area contributed by atoms with Gasteiger partial charge >= 0.3 is 0 Å². The van der Waals surface area contributed by atoms with E-state index in [4.69, 9.17) is 11.6 Å². The van der Waals surface area contributed by atoms with Crippen molar-refractivity contribution in [1.29, 1.82) is 0 Å². The number of hydrogen-bond acceptors (Lipinski definition) is 1. The molecule has 3 saturated carbocycles. The van der Waals surface area contributed by atoms with Crippen LogP contribution in [-0.2, 0) is 4.79 Å². The SMILES string of the molecule is O=C(NCCCCCCCl)C1C2C3CCC(C3)C12. The fraction of sp³-hybridized carbons (Fsp3) is 0.933. The average molecular weight is 270 g/mol. The normalized spacial score (nSPS) is 39.7. The van der Waals surface area contributed by atoms with Crippen LogP contribution in [0.1, 0.15) is 44.9 Å². The van der Waals surface area contributed by atoms with Gasteiger partial charge in [-0.1, -0.05) is 12.8 Å². The second kappa shape index (κ2) is 5.40. The summed E-state index contributed by atoms with van der Waals surface area (Å²) >= 11 is 5.63. The molecule has 1 N–H and O–H groups in total. The van der Waals surface area contributed by atoms with Crippen molar-refractivity contribution in [2.24, 2.45) is 29.6 Å². The van der Waals surface area contributed by atoms with Gasteiger partial charge < -0.3 is 5.32 Å². The summed E-state index contributed by atoms with van der Waals surface area (Å²) in [6, 6.07) is 0. The number of unbranched alkanes of at least 4 members (excludes halogenated alkanes) is 3. The number of fused-ring (bicyclic) bond motifs is 5. The molecule has 0 spiro atoms. The van der Waals surface area contributed by atoms with Crippen LogP contribution in [0.3, 0.4) is 0 Å². The second-order valence-corrected chi connectivity index (χ2v) is 6.79. The van der Waals surface area contributed by atoms with Gasteiger partial charge in [0, 0.05) is 18.3 Å². The van der Waals surface area contributed by atoms with Crippen molar-refractivity contribution in [3.63, 3.8) is 0 Å². The zero-order valence-corrected chi connectivity index (χ0v) is 11.8. The van der Waals surface area contributed by atoms with Gasteiger partial charge in [-0.2, -0.15) is 0 Å². The summed E-state index contributed by atoms with van der Waals surface area (Å²) in [4.78, 5) is 12.1. The third-order valence-corrected chi connectivity index (χ3v) is 5.66. The van der Waals surface area contributed by atoms with Crippen LogP contribution in [0.4, 0.5) is 0 Å². The van der Waals surface area contributed by atoms with Crippen molar-refractivity contribution in [1.82, 2.24) is 5.32 Å². The lowest BCUT2D eigenvalue weighted by atomic mass is 10.0. The highest BCUT2D eigenvalue weighted by Gasteiger charge is 2.67. The van der Waals surface area contributed by atoms with E-state index < -0.39 is 0 Å². The van der Waals surface area contributed by atoms with Gasteiger partial charge in [-0.3, -0.25) is 4.79 Å². The van der Waals surface area contributed by atoms with E-state index in [9.17, 15) is 4.79 Å². The van der Waals surface area contributed by atoms with Gasteiger partial charge in [0.1, 0.15) is 0 Å². The van der Waals surface area contributed by atoms with Crippen LogP contribution >= 0.6 is 11.6 Å². The summed E-state index contributed by atoms with van der Waals surface area (Å²) in [5.74, 6) is 4.89. The van der Waals surface area contributed by atoms with Crippen molar-refractivity contribution in [3.8, 4) is 0 Å². The van der Waals surface area contributed by atoms with Crippen molar-refractivity contribution < 1.29 is 4.79 Å². The third kappa shape index (κ3) is 2.29. The molecule has 18 heavy (non-hydrogen) atoms. The van der Waals surface area contributed by atoms with Crippen LogP contribution < -0.4 is 5.32 Å². The summed E-state index contributed by atoms with van der Waals surface area (Å²) in [7, 11) is 0. The molecule has 4 unspecified atom stereocenters. The first-order valence-corrected chi connectivity index (χ1v) is 8.20. The maximum absolute atomic E-state index is 12.1. The van der Waals surface area contributed by atoms with Crippen molar-refractivity contribution in [3.05, 3.63) is 0 Å². The molecule has 1 amide bonds. The Hall–Kier alpha value is -0.240. The van der Waals surface area contributed by atoms with Crippen LogP contribution in [0.5, 0.6) is 0 Å². The molecule has 0 heterocycles. The van der Waals surface area contributed by atoms with Gasteiger partial charge in [0.15, 0.2) is 0 Å². The highest BCUT2D eigenvalue weighted by molar-refractivity contribution is 6.17. The van der Waals surface area contributed by atoms with Crippen LogP contribution in [0.2, 0.25) is 0 Å². The number of nitrogens with one attached hydrogen (secondary N) is 1. The molecule has 4 atom stereocenters. The van der Waals surface area contributed by atoms with E-state index in [2.05, 4.69) is 5.32 Å². The molecule has 0 aromatic rings. The molecule has 3 heteroatoms. The quantitative estimate of drug-likeness (QED) is 0.558. The van der Waals surface area contributed by atoms with Crippen LogP contribution in [-0.4, -0.2) is 18.3 Å². The molecular weight excluding hydrogens is 246 g/mol. The predicted octanol–water partition coefficient (Wildman–Crippen LogP) is 3.19. The fourth-order valence-corrected chi connectivity index (χ4v) is 4.77. The maximum atomic E-state index is 12.1. The molecule has 102 valence electrons. The number of carbonyl (C=O) groups excluding carboxylic acids is 1. The fourth-order valence-electron chi connectivity index (χ4n) is 4.58. The minimum absolute atomic E-state index is 0.360. The summed E-state index contributed by atoms with van der Waals surface area (Å²) in [5.41, 5.74) is 0. The van der Waals surface area contributed by atoms with Crippen LogP contribution in [0.25, 0.3) is 0 Å². The lowest BCUT2D eigenvalue weighted by Crippen LogP contribution is -2.28. The van der Waals surface area contributed by atoms with Crippen molar-refractivity contribution in [2.75, 3.05) is 12.4 Å². The molecule has 0 aromatic heterocycles. The Bertz CT molecular complexity index is 304. The molecule has 3 aliphatic carbocycles. The summed E-state index contributed by atoms with van der Waals surface area (Å²) in [6.07, 6.45) is 8.82. The van der Waals surface area contributed by atoms with E-state index in [1.165, 1.54) is 32.1 Å². The minimum Gasteiger partial charge on any atom is -0.356 e. The largest absolute Gasteiger partial charge is 0.356 e. The molecule has 2 bridgehead atoms. The standard InChI is InChI=1S/C15H24ClNO/c16-7-3-1-2-4-8-17-15(18)14-12-10-5-6-11(9-10)13(12)14/h10-14H,1-9H2,(H,17,18). The Morgan fingerprint density at radius 3 is 2.39 bits per heavy atom. The van der Waals surface area contributed by atoms with E-state index in [1.54, 1.807) is 0 Å². The minimum atomic E-state index is 0.360. The van der Waals surface area contributed by atoms with Gasteiger partial charge in [0.2, 0.25) is 5.91 Å². The first-order valence-electron chi connectivity index (χ1n) is 7.66. The van der Waals surface area contributed by atoms with Gasteiger partial charge in [0.25, 0.3) is 0 Å². The van der Waals surface area contributed by atoms with Crippen LogP contribution in [0, 0.1) is 29.6 Å². The highest BCUT2D eigenvalue weighted by atomic mass is 35.5. The Balaban J connectivity index is 1.32. The highest BCUT2D eigenvalue weighted by Crippen LogP contribution is 2.69. The number of carbonyl (C=O) groups is 1. The smallest absolute Gasteiger partial charge is 0.223 e. The Morgan fingerprint density at radius 1 is 1.06 bits per heavy atom. The van der Waals surface area contributed by atoms with E-state index in [-0.39, 0.29) is 0 Å².